The Morgan fingerprint density at radius 3 is 2.33 bits per heavy atom. The number of carboxylic acid groups (broad SMARTS) is 2. The molecule has 0 bridgehead atoms. The van der Waals surface area contributed by atoms with Gasteiger partial charge in [0.05, 0.1) is 13.5 Å². The fourth-order valence-corrected chi connectivity index (χ4v) is 1.48. The lowest BCUT2D eigenvalue weighted by atomic mass is 10.2. The van der Waals surface area contributed by atoms with Crippen molar-refractivity contribution in [2.24, 2.45) is 0 Å². The number of hydrogen-bond donors (Lipinski definition) is 3. The second-order valence-corrected chi connectivity index (χ2v) is 4.10. The van der Waals surface area contributed by atoms with Crippen molar-refractivity contribution in [3.05, 3.63) is 35.9 Å². The number of amides is 1. The topological polar surface area (TPSA) is 113 Å². The fraction of sp³-hybridized carbons (Fsp3) is 0.214. The molecule has 0 heterocycles. The van der Waals surface area contributed by atoms with Crippen LogP contribution in [0.2, 0.25) is 0 Å². The minimum absolute atomic E-state index is 0.670. The standard InChI is InChI=1S/C14H15NO6/c1-21-10-5-2-9(3-6-10)4-7-12(16)15-11(14(19)20)8-13(17)18/h2-7,11H,8H2,1H3,(H,15,16)(H,17,18)(H,19,20)/b7-4+/t11-/m0/s1. The van der Waals surface area contributed by atoms with E-state index in [9.17, 15) is 14.4 Å². The van der Waals surface area contributed by atoms with Crippen molar-refractivity contribution in [2.45, 2.75) is 12.5 Å². The van der Waals surface area contributed by atoms with Crippen LogP contribution in [0, 0.1) is 0 Å². The number of ether oxygens (including phenoxy) is 1. The van der Waals surface area contributed by atoms with E-state index >= 15 is 0 Å². The van der Waals surface area contributed by atoms with Gasteiger partial charge in [0.15, 0.2) is 0 Å². The molecule has 0 fully saturated rings. The highest BCUT2D eigenvalue weighted by Crippen LogP contribution is 2.12. The first-order valence-corrected chi connectivity index (χ1v) is 5.99. The van der Waals surface area contributed by atoms with Crippen LogP contribution >= 0.6 is 0 Å². The van der Waals surface area contributed by atoms with Gasteiger partial charge < -0.3 is 20.3 Å². The van der Waals surface area contributed by atoms with Crippen LogP contribution in [-0.4, -0.2) is 41.2 Å². The van der Waals surface area contributed by atoms with E-state index in [1.807, 2.05) is 0 Å². The Kier molecular flexibility index (Phi) is 5.94. The maximum Gasteiger partial charge on any atom is 0.326 e. The molecule has 1 atom stereocenters. The molecule has 7 nitrogen and oxygen atoms in total. The number of aliphatic carboxylic acids is 2. The molecular weight excluding hydrogens is 278 g/mol. The number of carbonyl (C=O) groups excluding carboxylic acids is 1. The monoisotopic (exact) mass is 293 g/mol. The van der Waals surface area contributed by atoms with Crippen LogP contribution in [-0.2, 0) is 14.4 Å². The summed E-state index contributed by atoms with van der Waals surface area (Å²) in [6, 6.07) is 5.39. The van der Waals surface area contributed by atoms with Gasteiger partial charge in [0.2, 0.25) is 5.91 Å². The van der Waals surface area contributed by atoms with E-state index < -0.39 is 30.3 Å². The number of carboxylic acids is 2. The molecule has 0 aliphatic rings. The van der Waals surface area contributed by atoms with Gasteiger partial charge in [-0.05, 0) is 23.8 Å². The zero-order valence-corrected chi connectivity index (χ0v) is 11.3. The number of hydrogen-bond acceptors (Lipinski definition) is 4. The number of benzene rings is 1. The lowest BCUT2D eigenvalue weighted by molar-refractivity contribution is -0.146. The van der Waals surface area contributed by atoms with Crippen molar-refractivity contribution in [1.29, 1.82) is 0 Å². The molecule has 3 N–H and O–H groups in total. The normalized spacial score (nSPS) is 11.9. The molecule has 0 aliphatic heterocycles. The molecule has 21 heavy (non-hydrogen) atoms. The highest BCUT2D eigenvalue weighted by molar-refractivity contribution is 5.95. The lowest BCUT2D eigenvalue weighted by Crippen LogP contribution is -2.41. The van der Waals surface area contributed by atoms with Crippen LogP contribution in [0.5, 0.6) is 5.75 Å². The second kappa shape index (κ2) is 7.68. The minimum atomic E-state index is -1.46. The van der Waals surface area contributed by atoms with Gasteiger partial charge in [0, 0.05) is 6.08 Å². The van der Waals surface area contributed by atoms with E-state index in [4.69, 9.17) is 14.9 Å². The molecule has 0 aromatic heterocycles. The second-order valence-electron chi connectivity index (χ2n) is 4.10. The molecule has 0 saturated carbocycles. The van der Waals surface area contributed by atoms with Crippen LogP contribution in [0.15, 0.2) is 30.3 Å². The molecule has 0 unspecified atom stereocenters. The summed E-state index contributed by atoms with van der Waals surface area (Å²) in [6.45, 7) is 0. The van der Waals surface area contributed by atoms with Crippen molar-refractivity contribution in [1.82, 2.24) is 5.32 Å². The fourth-order valence-electron chi connectivity index (χ4n) is 1.48. The van der Waals surface area contributed by atoms with Crippen LogP contribution < -0.4 is 10.1 Å². The molecule has 1 amide bonds. The Morgan fingerprint density at radius 1 is 1.24 bits per heavy atom. The quantitative estimate of drug-likeness (QED) is 0.639. The number of rotatable bonds is 7. The molecule has 1 rings (SSSR count). The summed E-state index contributed by atoms with van der Waals surface area (Å²) >= 11 is 0. The molecule has 1 aromatic rings. The van der Waals surface area contributed by atoms with Crippen LogP contribution in [0.25, 0.3) is 6.08 Å². The van der Waals surface area contributed by atoms with Gasteiger partial charge in [-0.25, -0.2) is 4.79 Å². The van der Waals surface area contributed by atoms with Crippen molar-refractivity contribution < 1.29 is 29.3 Å². The summed E-state index contributed by atoms with van der Waals surface area (Å²) in [5, 5.41) is 19.5. The third-order valence-corrected chi connectivity index (χ3v) is 2.54. The van der Waals surface area contributed by atoms with Gasteiger partial charge in [-0.1, -0.05) is 12.1 Å². The van der Waals surface area contributed by atoms with E-state index in [0.29, 0.717) is 5.75 Å². The smallest absolute Gasteiger partial charge is 0.326 e. The maximum atomic E-state index is 11.6. The summed E-state index contributed by atoms with van der Waals surface area (Å²) in [5.74, 6) is -2.71. The zero-order valence-electron chi connectivity index (χ0n) is 11.3. The van der Waals surface area contributed by atoms with E-state index in [2.05, 4.69) is 5.32 Å². The molecule has 0 aliphatic carbocycles. The van der Waals surface area contributed by atoms with Crippen molar-refractivity contribution >= 4 is 23.9 Å². The third-order valence-electron chi connectivity index (χ3n) is 2.54. The number of methoxy groups -OCH3 is 1. The molecule has 1 aromatic carbocycles. The summed E-state index contributed by atoms with van der Waals surface area (Å²) in [7, 11) is 1.53. The molecular formula is C14H15NO6. The van der Waals surface area contributed by atoms with Gasteiger partial charge in [-0.2, -0.15) is 0 Å². The number of nitrogens with one attached hydrogen (secondary N) is 1. The highest BCUT2D eigenvalue weighted by atomic mass is 16.5. The van der Waals surface area contributed by atoms with E-state index in [-0.39, 0.29) is 0 Å². The van der Waals surface area contributed by atoms with E-state index in [1.54, 1.807) is 24.3 Å². The average Bonchev–Trinajstić information content (AvgIpc) is 2.44. The van der Waals surface area contributed by atoms with Crippen LogP contribution in [0.3, 0.4) is 0 Å². The molecule has 0 spiro atoms. The largest absolute Gasteiger partial charge is 0.497 e. The summed E-state index contributed by atoms with van der Waals surface area (Å²) in [6.07, 6.45) is 1.94. The molecule has 7 heteroatoms. The van der Waals surface area contributed by atoms with Crippen molar-refractivity contribution in [2.75, 3.05) is 7.11 Å². The highest BCUT2D eigenvalue weighted by Gasteiger charge is 2.21. The Balaban J connectivity index is 2.63. The van der Waals surface area contributed by atoms with Crippen LogP contribution in [0.4, 0.5) is 0 Å². The third kappa shape index (κ3) is 5.77. The van der Waals surface area contributed by atoms with Crippen molar-refractivity contribution in [3.8, 4) is 5.75 Å². The predicted molar refractivity (Wildman–Crippen MR) is 73.8 cm³/mol. The Morgan fingerprint density at radius 2 is 1.86 bits per heavy atom. The Bertz CT molecular complexity index is 549. The lowest BCUT2D eigenvalue weighted by Gasteiger charge is -2.10. The first-order valence-electron chi connectivity index (χ1n) is 5.99. The first kappa shape index (κ1) is 16.2. The molecule has 0 radical (unpaired) electrons. The maximum absolute atomic E-state index is 11.6. The Hall–Kier alpha value is -2.83. The van der Waals surface area contributed by atoms with Gasteiger partial charge in [0.25, 0.3) is 0 Å². The van der Waals surface area contributed by atoms with Gasteiger partial charge in [-0.3, -0.25) is 9.59 Å². The summed E-state index contributed by atoms with van der Waals surface area (Å²) in [4.78, 5) is 32.8. The molecule has 112 valence electrons. The summed E-state index contributed by atoms with van der Waals surface area (Å²) in [5.41, 5.74) is 0.719. The average molecular weight is 293 g/mol. The van der Waals surface area contributed by atoms with Gasteiger partial charge in [0.1, 0.15) is 11.8 Å². The van der Waals surface area contributed by atoms with Crippen molar-refractivity contribution in [3.63, 3.8) is 0 Å². The number of carbonyl (C=O) groups is 3. The first-order chi connectivity index (χ1) is 9.92. The summed E-state index contributed by atoms with van der Waals surface area (Å²) < 4.78 is 4.99. The predicted octanol–water partition coefficient (Wildman–Crippen LogP) is 0.752. The van der Waals surface area contributed by atoms with Crippen LogP contribution in [0.1, 0.15) is 12.0 Å². The minimum Gasteiger partial charge on any atom is -0.497 e. The van der Waals surface area contributed by atoms with E-state index in [1.165, 1.54) is 13.2 Å². The zero-order chi connectivity index (χ0) is 15.8. The SMILES string of the molecule is COc1ccc(/C=C/C(=O)N[C@@H](CC(=O)O)C(=O)O)cc1. The van der Waals surface area contributed by atoms with Gasteiger partial charge >= 0.3 is 11.9 Å². The Labute approximate surface area is 120 Å². The van der Waals surface area contributed by atoms with E-state index in [0.717, 1.165) is 11.6 Å². The molecule has 0 saturated heterocycles. The van der Waals surface area contributed by atoms with Gasteiger partial charge in [-0.15, -0.1) is 0 Å².